The summed E-state index contributed by atoms with van der Waals surface area (Å²) in [5, 5.41) is 7.19. The predicted molar refractivity (Wildman–Crippen MR) is 133 cm³/mol. The van der Waals surface area contributed by atoms with Gasteiger partial charge in [-0.2, -0.15) is 0 Å². The second-order valence-corrected chi connectivity index (χ2v) is 8.50. The Morgan fingerprint density at radius 2 is 1.47 bits per heavy atom. The zero-order valence-corrected chi connectivity index (χ0v) is 19.6. The van der Waals surface area contributed by atoms with Gasteiger partial charge in [0.15, 0.2) is 17.3 Å². The number of ketones is 1. The number of Topliss-reactive ketones (excluding diaryl/α,β-unsaturated/α-hetero) is 1. The van der Waals surface area contributed by atoms with Crippen molar-refractivity contribution >= 4 is 17.2 Å². The largest absolute Gasteiger partial charge is 0.493 e. The lowest BCUT2D eigenvalue weighted by Crippen LogP contribution is -2.27. The zero-order chi connectivity index (χ0) is 23.7. The van der Waals surface area contributed by atoms with E-state index in [1.807, 2.05) is 54.6 Å². The Balaban J connectivity index is 1.67. The van der Waals surface area contributed by atoms with Crippen LogP contribution in [0.2, 0.25) is 0 Å². The van der Waals surface area contributed by atoms with Crippen LogP contribution in [0.15, 0.2) is 78.0 Å². The Hall–Kier alpha value is -3.93. The van der Waals surface area contributed by atoms with Crippen molar-refractivity contribution in [3.8, 4) is 17.2 Å². The van der Waals surface area contributed by atoms with Crippen LogP contribution < -0.4 is 24.8 Å². The molecule has 2 aliphatic rings. The molecule has 34 heavy (non-hydrogen) atoms. The van der Waals surface area contributed by atoms with Crippen molar-refractivity contribution in [2.75, 3.05) is 32.0 Å². The van der Waals surface area contributed by atoms with E-state index in [2.05, 4.69) is 22.8 Å². The molecule has 6 nitrogen and oxygen atoms in total. The molecule has 1 aliphatic carbocycles. The monoisotopic (exact) mass is 456 g/mol. The highest BCUT2D eigenvalue weighted by molar-refractivity contribution is 6.01. The highest BCUT2D eigenvalue weighted by Crippen LogP contribution is 2.49. The summed E-state index contributed by atoms with van der Waals surface area (Å²) >= 11 is 0. The van der Waals surface area contributed by atoms with Gasteiger partial charge in [0.1, 0.15) is 0 Å². The molecular formula is C28H28N2O4. The Morgan fingerprint density at radius 3 is 2.18 bits per heavy atom. The van der Waals surface area contributed by atoms with E-state index in [-0.39, 0.29) is 11.7 Å². The summed E-state index contributed by atoms with van der Waals surface area (Å²) in [5.74, 6) is 1.86. The van der Waals surface area contributed by atoms with Crippen LogP contribution in [0.3, 0.4) is 0 Å². The molecule has 0 fully saturated rings. The molecule has 0 spiro atoms. The van der Waals surface area contributed by atoms with E-state index in [9.17, 15) is 4.79 Å². The molecular weight excluding hydrogens is 428 g/mol. The van der Waals surface area contributed by atoms with E-state index in [0.29, 0.717) is 23.7 Å². The van der Waals surface area contributed by atoms with Gasteiger partial charge in [0.05, 0.1) is 38.7 Å². The summed E-state index contributed by atoms with van der Waals surface area (Å²) in [6, 6.07) is 21.6. The van der Waals surface area contributed by atoms with E-state index < -0.39 is 6.04 Å². The smallest absolute Gasteiger partial charge is 0.203 e. The number of hydrogen-bond donors (Lipinski definition) is 2. The number of fused-ring (bicyclic) bond motifs is 1. The van der Waals surface area contributed by atoms with Crippen LogP contribution >= 0.6 is 0 Å². The maximum atomic E-state index is 13.7. The normalized spacial score (nSPS) is 19.2. The number of carbonyl (C=O) groups excluding carboxylic acids is 1. The summed E-state index contributed by atoms with van der Waals surface area (Å²) in [6.07, 6.45) is 1.20. The fraction of sp³-hybridized carbons (Fsp3) is 0.250. The van der Waals surface area contributed by atoms with Gasteiger partial charge in [-0.05, 0) is 42.2 Å². The number of nitrogens with one attached hydrogen (secondary N) is 2. The van der Waals surface area contributed by atoms with Crippen LogP contribution in [0, 0.1) is 0 Å². The van der Waals surface area contributed by atoms with E-state index in [1.165, 1.54) is 5.56 Å². The standard InChI is InChI=1S/C28H28N2O4/c1-32-24-14-13-19(27(33-2)28(24)34-3)26-25-22(29-20-11-7-8-12-21(20)30-26)15-18(16-23(25)31)17-9-5-4-6-10-17/h4-14,18,26,29-30H,15-16H2,1-3H3/t18-,26+/m0/s1. The summed E-state index contributed by atoms with van der Waals surface area (Å²) in [7, 11) is 4.78. The van der Waals surface area contributed by atoms with Gasteiger partial charge in [-0.3, -0.25) is 4.79 Å². The first-order valence-electron chi connectivity index (χ1n) is 11.4. The van der Waals surface area contributed by atoms with Crippen LogP contribution in [0.1, 0.15) is 35.9 Å². The molecule has 174 valence electrons. The number of anilines is 2. The molecule has 0 unspecified atom stereocenters. The number of benzene rings is 3. The molecule has 3 aromatic carbocycles. The molecule has 5 rings (SSSR count). The molecule has 1 aliphatic heterocycles. The zero-order valence-electron chi connectivity index (χ0n) is 19.6. The third-order valence-corrected chi connectivity index (χ3v) is 6.63. The minimum Gasteiger partial charge on any atom is -0.493 e. The molecule has 1 heterocycles. The van der Waals surface area contributed by atoms with Crippen molar-refractivity contribution < 1.29 is 19.0 Å². The van der Waals surface area contributed by atoms with Gasteiger partial charge in [0.2, 0.25) is 5.75 Å². The number of para-hydroxylation sites is 2. The van der Waals surface area contributed by atoms with Gasteiger partial charge < -0.3 is 24.8 Å². The SMILES string of the molecule is COc1ccc([C@H]2Nc3ccccc3NC3=C2C(=O)C[C@@H](c2ccccc2)C3)c(OC)c1OC. The first kappa shape index (κ1) is 21.9. The lowest BCUT2D eigenvalue weighted by Gasteiger charge is -2.30. The van der Waals surface area contributed by atoms with Crippen molar-refractivity contribution in [2.24, 2.45) is 0 Å². The van der Waals surface area contributed by atoms with E-state index >= 15 is 0 Å². The maximum absolute atomic E-state index is 13.7. The minimum absolute atomic E-state index is 0.116. The highest BCUT2D eigenvalue weighted by Gasteiger charge is 2.37. The van der Waals surface area contributed by atoms with Crippen molar-refractivity contribution in [2.45, 2.75) is 24.8 Å². The lowest BCUT2D eigenvalue weighted by atomic mass is 9.78. The number of ether oxygens (including phenoxy) is 3. The first-order valence-corrected chi connectivity index (χ1v) is 11.4. The maximum Gasteiger partial charge on any atom is 0.203 e. The number of allylic oxidation sites excluding steroid dienone is 1. The number of carbonyl (C=O) groups is 1. The summed E-state index contributed by atoms with van der Waals surface area (Å²) < 4.78 is 16.9. The Morgan fingerprint density at radius 1 is 0.765 bits per heavy atom. The molecule has 0 saturated heterocycles. The van der Waals surface area contributed by atoms with Gasteiger partial charge in [-0.25, -0.2) is 0 Å². The average Bonchev–Trinajstić information content (AvgIpc) is 3.05. The number of methoxy groups -OCH3 is 3. The third-order valence-electron chi connectivity index (χ3n) is 6.63. The molecule has 0 aromatic heterocycles. The highest BCUT2D eigenvalue weighted by atomic mass is 16.5. The second kappa shape index (κ2) is 9.14. The topological polar surface area (TPSA) is 68.8 Å². The van der Waals surface area contributed by atoms with Gasteiger partial charge >= 0.3 is 0 Å². The fourth-order valence-corrected chi connectivity index (χ4v) is 5.04. The van der Waals surface area contributed by atoms with Crippen LogP contribution in [0.5, 0.6) is 17.2 Å². The Labute approximate surface area is 199 Å². The number of hydrogen-bond acceptors (Lipinski definition) is 6. The van der Waals surface area contributed by atoms with E-state index in [4.69, 9.17) is 14.2 Å². The molecule has 0 saturated carbocycles. The molecule has 0 amide bonds. The van der Waals surface area contributed by atoms with Crippen molar-refractivity contribution in [3.63, 3.8) is 0 Å². The van der Waals surface area contributed by atoms with Gasteiger partial charge in [0.25, 0.3) is 0 Å². The Bertz CT molecular complexity index is 1250. The lowest BCUT2D eigenvalue weighted by molar-refractivity contribution is -0.116. The molecule has 2 atom stereocenters. The van der Waals surface area contributed by atoms with E-state index in [0.717, 1.165) is 34.6 Å². The van der Waals surface area contributed by atoms with Crippen molar-refractivity contribution in [3.05, 3.63) is 89.1 Å². The Kier molecular flexibility index (Phi) is 5.88. The first-order chi connectivity index (χ1) is 16.6. The van der Waals surface area contributed by atoms with Crippen molar-refractivity contribution in [1.29, 1.82) is 0 Å². The third kappa shape index (κ3) is 3.75. The molecule has 0 bridgehead atoms. The quantitative estimate of drug-likeness (QED) is 0.514. The fourth-order valence-electron chi connectivity index (χ4n) is 5.04. The summed E-state index contributed by atoms with van der Waals surface area (Å²) in [5.41, 5.74) is 5.52. The summed E-state index contributed by atoms with van der Waals surface area (Å²) in [4.78, 5) is 13.7. The van der Waals surface area contributed by atoms with Gasteiger partial charge in [0, 0.05) is 23.3 Å². The second-order valence-electron chi connectivity index (χ2n) is 8.50. The molecule has 3 aromatic rings. The van der Waals surface area contributed by atoms with Crippen LogP contribution in [-0.4, -0.2) is 27.1 Å². The van der Waals surface area contributed by atoms with Crippen LogP contribution in [0.4, 0.5) is 11.4 Å². The van der Waals surface area contributed by atoms with Crippen molar-refractivity contribution in [1.82, 2.24) is 0 Å². The molecule has 2 N–H and O–H groups in total. The summed E-state index contributed by atoms with van der Waals surface area (Å²) in [6.45, 7) is 0. The van der Waals surface area contributed by atoms with Gasteiger partial charge in [-0.15, -0.1) is 0 Å². The van der Waals surface area contributed by atoms with Crippen LogP contribution in [0.25, 0.3) is 0 Å². The molecule has 6 heteroatoms. The van der Waals surface area contributed by atoms with Gasteiger partial charge in [-0.1, -0.05) is 42.5 Å². The van der Waals surface area contributed by atoms with Crippen LogP contribution in [-0.2, 0) is 4.79 Å². The number of rotatable bonds is 5. The van der Waals surface area contributed by atoms with E-state index in [1.54, 1.807) is 21.3 Å². The minimum atomic E-state index is -0.412. The average molecular weight is 457 g/mol. The molecule has 0 radical (unpaired) electrons. The predicted octanol–water partition coefficient (Wildman–Crippen LogP) is 5.69.